The summed E-state index contributed by atoms with van der Waals surface area (Å²) in [6.07, 6.45) is 2.12. The summed E-state index contributed by atoms with van der Waals surface area (Å²) in [5.74, 6) is -0.396. The van der Waals surface area contributed by atoms with Crippen LogP contribution >= 0.6 is 0 Å². The summed E-state index contributed by atoms with van der Waals surface area (Å²) in [5, 5.41) is 2.75. The molecule has 0 atom stereocenters. The van der Waals surface area contributed by atoms with E-state index in [1.54, 1.807) is 13.8 Å². The second-order valence-corrected chi connectivity index (χ2v) is 3.32. The van der Waals surface area contributed by atoms with Crippen LogP contribution in [0.1, 0.15) is 39.5 Å². The predicted octanol–water partition coefficient (Wildman–Crippen LogP) is 1.51. The van der Waals surface area contributed by atoms with Crippen molar-refractivity contribution in [3.05, 3.63) is 0 Å². The summed E-state index contributed by atoms with van der Waals surface area (Å²) in [7, 11) is 3.75. The third-order valence-electron chi connectivity index (χ3n) is 1.62. The fourth-order valence-electron chi connectivity index (χ4n) is 1.00. The summed E-state index contributed by atoms with van der Waals surface area (Å²) in [5.41, 5.74) is 0. The molecule has 102 valence electrons. The second-order valence-electron chi connectivity index (χ2n) is 3.32. The van der Waals surface area contributed by atoms with Crippen LogP contribution in [0, 0.1) is 0 Å². The van der Waals surface area contributed by atoms with E-state index in [2.05, 4.69) is 5.32 Å². The third-order valence-corrected chi connectivity index (χ3v) is 1.62. The van der Waals surface area contributed by atoms with E-state index >= 15 is 0 Å². The van der Waals surface area contributed by atoms with Crippen LogP contribution in [0.5, 0.6) is 0 Å². The minimum Gasteiger partial charge on any atom is -0.466 e. The number of hydrogen-bond acceptors (Lipinski definition) is 5. The van der Waals surface area contributed by atoms with E-state index in [-0.39, 0.29) is 11.9 Å². The standard InChI is InChI=1S/C10H18O4.C2H7N/c1-3-13-9(11)7-5-6-8-10(12)14-4-2;1-3-2/h3-8H2,1-2H3;3H,1-2H3. The Kier molecular flexibility index (Phi) is 16.0. The first-order chi connectivity index (χ1) is 8.12. The number of hydrogen-bond donors (Lipinski definition) is 1. The van der Waals surface area contributed by atoms with E-state index in [4.69, 9.17) is 9.47 Å². The minimum atomic E-state index is -0.198. The molecule has 0 saturated heterocycles. The fourth-order valence-corrected chi connectivity index (χ4v) is 1.00. The Bertz CT molecular complexity index is 175. The van der Waals surface area contributed by atoms with Crippen molar-refractivity contribution >= 4 is 11.9 Å². The normalized spacial score (nSPS) is 8.94. The molecule has 0 aliphatic heterocycles. The molecule has 0 saturated carbocycles. The molecule has 0 spiro atoms. The Morgan fingerprint density at radius 1 is 0.882 bits per heavy atom. The van der Waals surface area contributed by atoms with Gasteiger partial charge in [-0.2, -0.15) is 0 Å². The number of nitrogens with one attached hydrogen (secondary N) is 1. The van der Waals surface area contributed by atoms with Crippen LogP contribution in [0.3, 0.4) is 0 Å². The van der Waals surface area contributed by atoms with E-state index in [0.29, 0.717) is 38.9 Å². The molecule has 0 amide bonds. The topological polar surface area (TPSA) is 64.6 Å². The first-order valence-corrected chi connectivity index (χ1v) is 6.02. The van der Waals surface area contributed by atoms with Crippen LogP contribution in [0.25, 0.3) is 0 Å². The molecule has 0 fully saturated rings. The zero-order chi connectivity index (χ0) is 13.5. The van der Waals surface area contributed by atoms with Gasteiger partial charge in [0.05, 0.1) is 13.2 Å². The van der Waals surface area contributed by atoms with Crippen molar-refractivity contribution in [2.24, 2.45) is 0 Å². The monoisotopic (exact) mass is 247 g/mol. The van der Waals surface area contributed by atoms with Crippen LogP contribution in [-0.2, 0) is 19.1 Å². The van der Waals surface area contributed by atoms with Crippen molar-refractivity contribution in [2.45, 2.75) is 39.5 Å². The number of ether oxygens (including phenoxy) is 2. The highest BCUT2D eigenvalue weighted by Gasteiger charge is 2.04. The van der Waals surface area contributed by atoms with Crippen LogP contribution < -0.4 is 5.32 Å². The molecule has 0 heterocycles. The third kappa shape index (κ3) is 17.5. The molecule has 5 heteroatoms. The average molecular weight is 247 g/mol. The van der Waals surface area contributed by atoms with Gasteiger partial charge in [-0.1, -0.05) is 0 Å². The van der Waals surface area contributed by atoms with Crippen molar-refractivity contribution < 1.29 is 19.1 Å². The maximum atomic E-state index is 10.9. The predicted molar refractivity (Wildman–Crippen MR) is 66.7 cm³/mol. The number of unbranched alkanes of at least 4 members (excludes halogenated alkanes) is 1. The Hall–Kier alpha value is -1.10. The van der Waals surface area contributed by atoms with Gasteiger partial charge in [-0.15, -0.1) is 0 Å². The van der Waals surface area contributed by atoms with E-state index in [1.807, 2.05) is 14.1 Å². The summed E-state index contributed by atoms with van der Waals surface area (Å²) in [6.45, 7) is 4.38. The van der Waals surface area contributed by atoms with Crippen molar-refractivity contribution in [2.75, 3.05) is 27.3 Å². The Morgan fingerprint density at radius 3 is 1.41 bits per heavy atom. The van der Waals surface area contributed by atoms with Gasteiger partial charge in [0.25, 0.3) is 0 Å². The van der Waals surface area contributed by atoms with E-state index in [0.717, 1.165) is 0 Å². The molecule has 17 heavy (non-hydrogen) atoms. The molecule has 0 aliphatic carbocycles. The van der Waals surface area contributed by atoms with E-state index in [1.165, 1.54) is 0 Å². The molecule has 0 bridgehead atoms. The lowest BCUT2D eigenvalue weighted by atomic mass is 10.2. The lowest BCUT2D eigenvalue weighted by Crippen LogP contribution is -2.06. The van der Waals surface area contributed by atoms with Crippen LogP contribution in [-0.4, -0.2) is 39.2 Å². The quantitative estimate of drug-likeness (QED) is 0.545. The lowest BCUT2D eigenvalue weighted by molar-refractivity contribution is -0.145. The molecule has 0 rings (SSSR count). The van der Waals surface area contributed by atoms with E-state index < -0.39 is 0 Å². The van der Waals surface area contributed by atoms with E-state index in [9.17, 15) is 9.59 Å². The van der Waals surface area contributed by atoms with Gasteiger partial charge in [-0.05, 0) is 40.8 Å². The zero-order valence-corrected chi connectivity index (χ0v) is 11.4. The molecule has 0 aliphatic rings. The van der Waals surface area contributed by atoms with Gasteiger partial charge in [-0.25, -0.2) is 0 Å². The number of carbonyl (C=O) groups is 2. The molecule has 0 radical (unpaired) electrons. The number of carbonyl (C=O) groups excluding carboxylic acids is 2. The molecule has 1 N–H and O–H groups in total. The molecule has 5 nitrogen and oxygen atoms in total. The molecule has 0 aromatic heterocycles. The Balaban J connectivity index is 0. The van der Waals surface area contributed by atoms with Gasteiger partial charge in [0.1, 0.15) is 0 Å². The van der Waals surface area contributed by atoms with Crippen LogP contribution in [0.4, 0.5) is 0 Å². The van der Waals surface area contributed by atoms with Gasteiger partial charge in [0, 0.05) is 12.8 Å². The van der Waals surface area contributed by atoms with Gasteiger partial charge in [0.2, 0.25) is 0 Å². The van der Waals surface area contributed by atoms with Crippen molar-refractivity contribution in [3.63, 3.8) is 0 Å². The maximum Gasteiger partial charge on any atom is 0.305 e. The fraction of sp³-hybridized carbons (Fsp3) is 0.833. The van der Waals surface area contributed by atoms with Crippen molar-refractivity contribution in [1.82, 2.24) is 5.32 Å². The highest BCUT2D eigenvalue weighted by atomic mass is 16.5. The molecular weight excluding hydrogens is 222 g/mol. The SMILES string of the molecule is CCOC(=O)CCCCC(=O)OCC.CNC. The molecule has 0 unspecified atom stereocenters. The number of rotatable bonds is 7. The highest BCUT2D eigenvalue weighted by Crippen LogP contribution is 2.02. The summed E-state index contributed by atoms with van der Waals surface area (Å²) in [6, 6.07) is 0. The second kappa shape index (κ2) is 14.9. The van der Waals surface area contributed by atoms with Gasteiger partial charge in [-0.3, -0.25) is 9.59 Å². The highest BCUT2D eigenvalue weighted by molar-refractivity contribution is 5.70. The maximum absolute atomic E-state index is 10.9. The summed E-state index contributed by atoms with van der Waals surface area (Å²) < 4.78 is 9.48. The number of esters is 2. The van der Waals surface area contributed by atoms with Gasteiger partial charge in [0.15, 0.2) is 0 Å². The molecule has 0 aromatic rings. The van der Waals surface area contributed by atoms with Crippen molar-refractivity contribution in [3.8, 4) is 0 Å². The Morgan fingerprint density at radius 2 is 1.18 bits per heavy atom. The van der Waals surface area contributed by atoms with Crippen molar-refractivity contribution in [1.29, 1.82) is 0 Å². The minimum absolute atomic E-state index is 0.198. The molecule has 0 aromatic carbocycles. The largest absolute Gasteiger partial charge is 0.466 e. The average Bonchev–Trinajstić information content (AvgIpc) is 2.26. The van der Waals surface area contributed by atoms with Crippen LogP contribution in [0.15, 0.2) is 0 Å². The van der Waals surface area contributed by atoms with Gasteiger partial charge >= 0.3 is 11.9 Å². The first-order valence-electron chi connectivity index (χ1n) is 6.02. The van der Waals surface area contributed by atoms with Gasteiger partial charge < -0.3 is 14.8 Å². The lowest BCUT2D eigenvalue weighted by Gasteiger charge is -2.02. The zero-order valence-electron chi connectivity index (χ0n) is 11.4. The van der Waals surface area contributed by atoms with Crippen LogP contribution in [0.2, 0.25) is 0 Å². The summed E-state index contributed by atoms with van der Waals surface area (Å²) >= 11 is 0. The molecular formula is C12H25NO4. The first kappa shape index (κ1) is 18.3. The smallest absolute Gasteiger partial charge is 0.305 e. The Labute approximate surface area is 104 Å². The summed E-state index contributed by atoms with van der Waals surface area (Å²) in [4.78, 5) is 21.8.